The van der Waals surface area contributed by atoms with Crippen molar-refractivity contribution < 1.29 is 4.74 Å². The first-order chi connectivity index (χ1) is 7.60. The molecule has 0 aliphatic rings. The zero-order valence-corrected chi connectivity index (χ0v) is 11.1. The molecule has 0 spiro atoms. The third kappa shape index (κ3) is 3.09. The number of halogens is 1. The van der Waals surface area contributed by atoms with Crippen molar-refractivity contribution in [3.8, 4) is 5.75 Å². The van der Waals surface area contributed by atoms with Gasteiger partial charge in [-0.1, -0.05) is 0 Å². The van der Waals surface area contributed by atoms with Crippen LogP contribution in [0.25, 0.3) is 0 Å². The molecule has 0 atom stereocenters. The van der Waals surface area contributed by atoms with Gasteiger partial charge in [-0.25, -0.2) is 0 Å². The zero-order valence-electron chi connectivity index (χ0n) is 10.4. The number of methoxy groups -OCH3 is 1. The quantitative estimate of drug-likeness (QED) is 0.742. The highest BCUT2D eigenvalue weighted by molar-refractivity contribution is 6.18. The van der Waals surface area contributed by atoms with Crippen LogP contribution in [0.15, 0.2) is 6.20 Å². The van der Waals surface area contributed by atoms with E-state index in [9.17, 15) is 0 Å². The van der Waals surface area contributed by atoms with Gasteiger partial charge in [-0.15, -0.1) is 11.6 Å². The number of rotatable bonds is 5. The lowest BCUT2D eigenvalue weighted by Crippen LogP contribution is -2.21. The first-order valence-corrected chi connectivity index (χ1v) is 5.87. The second-order valence-electron chi connectivity index (χ2n) is 3.97. The SMILES string of the molecule is COc1c(C)cnc(CN(C)CCCl)c1C. The Morgan fingerprint density at radius 3 is 2.69 bits per heavy atom. The van der Waals surface area contributed by atoms with E-state index in [-0.39, 0.29) is 0 Å². The minimum Gasteiger partial charge on any atom is -0.496 e. The lowest BCUT2D eigenvalue weighted by Gasteiger charge is -2.17. The Labute approximate surface area is 102 Å². The monoisotopic (exact) mass is 242 g/mol. The molecule has 0 saturated heterocycles. The summed E-state index contributed by atoms with van der Waals surface area (Å²) in [4.78, 5) is 6.59. The minimum absolute atomic E-state index is 0.637. The first kappa shape index (κ1) is 13.3. The molecular formula is C12H19ClN2O. The fourth-order valence-electron chi connectivity index (χ4n) is 1.71. The summed E-state index contributed by atoms with van der Waals surface area (Å²) in [6.45, 7) is 5.71. The number of aromatic nitrogens is 1. The summed E-state index contributed by atoms with van der Waals surface area (Å²) in [6.07, 6.45) is 1.86. The van der Waals surface area contributed by atoms with Gasteiger partial charge in [-0.05, 0) is 20.9 Å². The second-order valence-corrected chi connectivity index (χ2v) is 4.35. The van der Waals surface area contributed by atoms with E-state index in [4.69, 9.17) is 16.3 Å². The van der Waals surface area contributed by atoms with Crippen LogP contribution in [-0.4, -0.2) is 36.5 Å². The Bertz CT molecular complexity index is 355. The fraction of sp³-hybridized carbons (Fsp3) is 0.583. The van der Waals surface area contributed by atoms with Crippen LogP contribution in [0.2, 0.25) is 0 Å². The third-order valence-corrected chi connectivity index (χ3v) is 2.80. The average Bonchev–Trinajstić information content (AvgIpc) is 2.23. The number of nitrogens with zero attached hydrogens (tertiary/aromatic N) is 2. The van der Waals surface area contributed by atoms with Gasteiger partial charge in [0, 0.05) is 36.3 Å². The summed E-state index contributed by atoms with van der Waals surface area (Å²) in [6, 6.07) is 0. The van der Waals surface area contributed by atoms with Crippen molar-refractivity contribution in [2.24, 2.45) is 0 Å². The van der Waals surface area contributed by atoms with Crippen molar-refractivity contribution in [1.82, 2.24) is 9.88 Å². The molecule has 0 aliphatic heterocycles. The van der Waals surface area contributed by atoms with Gasteiger partial charge in [0.05, 0.1) is 12.8 Å². The maximum absolute atomic E-state index is 5.70. The molecule has 0 amide bonds. The Balaban J connectivity index is 2.89. The van der Waals surface area contributed by atoms with Crippen LogP contribution in [0.3, 0.4) is 0 Å². The van der Waals surface area contributed by atoms with Gasteiger partial charge in [0.2, 0.25) is 0 Å². The Hall–Kier alpha value is -0.800. The van der Waals surface area contributed by atoms with Crippen LogP contribution >= 0.6 is 11.6 Å². The van der Waals surface area contributed by atoms with E-state index < -0.39 is 0 Å². The number of aryl methyl sites for hydroxylation is 1. The number of hydrogen-bond donors (Lipinski definition) is 0. The van der Waals surface area contributed by atoms with Crippen molar-refractivity contribution in [2.45, 2.75) is 20.4 Å². The predicted molar refractivity (Wildman–Crippen MR) is 67.3 cm³/mol. The Morgan fingerprint density at radius 1 is 1.44 bits per heavy atom. The molecule has 4 heteroatoms. The van der Waals surface area contributed by atoms with Crippen molar-refractivity contribution in [2.75, 3.05) is 26.6 Å². The normalized spacial score (nSPS) is 10.9. The summed E-state index contributed by atoms with van der Waals surface area (Å²) >= 11 is 5.70. The predicted octanol–water partition coefficient (Wildman–Crippen LogP) is 2.38. The van der Waals surface area contributed by atoms with Crippen molar-refractivity contribution >= 4 is 11.6 Å². The molecule has 1 aromatic rings. The highest BCUT2D eigenvalue weighted by Crippen LogP contribution is 2.24. The molecule has 0 fully saturated rings. The molecule has 0 aromatic carbocycles. The van der Waals surface area contributed by atoms with Gasteiger partial charge >= 0.3 is 0 Å². The van der Waals surface area contributed by atoms with E-state index in [0.717, 1.165) is 35.7 Å². The van der Waals surface area contributed by atoms with Gasteiger partial charge in [0.15, 0.2) is 0 Å². The van der Waals surface area contributed by atoms with Gasteiger partial charge in [-0.2, -0.15) is 0 Å². The van der Waals surface area contributed by atoms with Gasteiger partial charge in [0.1, 0.15) is 5.75 Å². The van der Waals surface area contributed by atoms with Gasteiger partial charge in [0.25, 0.3) is 0 Å². The first-order valence-electron chi connectivity index (χ1n) is 5.33. The maximum Gasteiger partial charge on any atom is 0.128 e. The van der Waals surface area contributed by atoms with Crippen LogP contribution in [0.5, 0.6) is 5.75 Å². The fourth-order valence-corrected chi connectivity index (χ4v) is 2.00. The summed E-state index contributed by atoms with van der Waals surface area (Å²) < 4.78 is 5.37. The zero-order chi connectivity index (χ0) is 12.1. The number of alkyl halides is 1. The van der Waals surface area contributed by atoms with Crippen LogP contribution in [0, 0.1) is 13.8 Å². The molecule has 16 heavy (non-hydrogen) atoms. The standard InChI is InChI=1S/C12H19ClN2O/c1-9-7-14-11(8-15(3)6-5-13)10(2)12(9)16-4/h7H,5-6,8H2,1-4H3. The van der Waals surface area contributed by atoms with Crippen molar-refractivity contribution in [3.05, 3.63) is 23.0 Å². The van der Waals surface area contributed by atoms with E-state index in [1.54, 1.807) is 7.11 Å². The summed E-state index contributed by atoms with van der Waals surface area (Å²) in [7, 11) is 3.73. The average molecular weight is 243 g/mol. The minimum atomic E-state index is 0.637. The van der Waals surface area contributed by atoms with E-state index in [2.05, 4.69) is 9.88 Å². The molecule has 1 heterocycles. The van der Waals surface area contributed by atoms with E-state index in [1.807, 2.05) is 27.1 Å². The van der Waals surface area contributed by atoms with E-state index in [0.29, 0.717) is 5.88 Å². The molecule has 3 nitrogen and oxygen atoms in total. The molecule has 0 saturated carbocycles. The number of hydrogen-bond acceptors (Lipinski definition) is 3. The summed E-state index contributed by atoms with van der Waals surface area (Å²) in [5.74, 6) is 1.57. The summed E-state index contributed by atoms with van der Waals surface area (Å²) in [5, 5.41) is 0. The van der Waals surface area contributed by atoms with E-state index >= 15 is 0 Å². The molecule has 0 N–H and O–H groups in total. The highest BCUT2D eigenvalue weighted by atomic mass is 35.5. The van der Waals surface area contributed by atoms with Gasteiger partial charge in [-0.3, -0.25) is 9.88 Å². The molecule has 1 rings (SSSR count). The lowest BCUT2D eigenvalue weighted by atomic mass is 10.1. The van der Waals surface area contributed by atoms with Crippen molar-refractivity contribution in [3.63, 3.8) is 0 Å². The second kappa shape index (κ2) is 6.06. The molecule has 0 unspecified atom stereocenters. The molecule has 0 aliphatic carbocycles. The Morgan fingerprint density at radius 2 is 2.12 bits per heavy atom. The van der Waals surface area contributed by atoms with Crippen molar-refractivity contribution in [1.29, 1.82) is 0 Å². The topological polar surface area (TPSA) is 25.4 Å². The molecule has 1 aromatic heterocycles. The van der Waals surface area contributed by atoms with Crippen LogP contribution in [0.4, 0.5) is 0 Å². The molecule has 0 radical (unpaired) electrons. The van der Waals surface area contributed by atoms with Gasteiger partial charge < -0.3 is 4.74 Å². The Kier molecular flexibility index (Phi) is 5.03. The van der Waals surface area contributed by atoms with E-state index in [1.165, 1.54) is 0 Å². The summed E-state index contributed by atoms with van der Waals surface area (Å²) in [5.41, 5.74) is 3.24. The maximum atomic E-state index is 5.70. The van der Waals surface area contributed by atoms with Crippen LogP contribution in [-0.2, 0) is 6.54 Å². The number of ether oxygens (including phenoxy) is 1. The largest absolute Gasteiger partial charge is 0.496 e. The third-order valence-electron chi connectivity index (χ3n) is 2.64. The smallest absolute Gasteiger partial charge is 0.128 e. The lowest BCUT2D eigenvalue weighted by molar-refractivity contribution is 0.340. The highest BCUT2D eigenvalue weighted by Gasteiger charge is 2.10. The molecule has 0 bridgehead atoms. The number of pyridine rings is 1. The van der Waals surface area contributed by atoms with Crippen LogP contribution in [0.1, 0.15) is 16.8 Å². The molecular weight excluding hydrogens is 224 g/mol. The van der Waals surface area contributed by atoms with Crippen LogP contribution < -0.4 is 4.74 Å². The molecule has 90 valence electrons.